The van der Waals surface area contributed by atoms with Gasteiger partial charge >= 0.3 is 0 Å². The van der Waals surface area contributed by atoms with Crippen molar-refractivity contribution in [3.63, 3.8) is 0 Å². The number of aliphatic hydroxyl groups is 1. The van der Waals surface area contributed by atoms with Gasteiger partial charge in [-0.1, -0.05) is 32.0 Å². The van der Waals surface area contributed by atoms with E-state index in [2.05, 4.69) is 37.4 Å². The first-order chi connectivity index (χ1) is 7.52. The van der Waals surface area contributed by atoms with Crippen molar-refractivity contribution < 1.29 is 5.11 Å². The molecule has 0 spiro atoms. The lowest BCUT2D eigenvalue weighted by molar-refractivity contribution is 0.123. The summed E-state index contributed by atoms with van der Waals surface area (Å²) >= 11 is 0. The van der Waals surface area contributed by atoms with Crippen molar-refractivity contribution in [1.82, 2.24) is 5.32 Å². The second-order valence-corrected chi connectivity index (χ2v) is 4.81. The van der Waals surface area contributed by atoms with Gasteiger partial charge in [-0.15, -0.1) is 0 Å². The Morgan fingerprint density at radius 3 is 2.25 bits per heavy atom. The maximum atomic E-state index is 9.68. The number of aliphatic hydroxyl groups excluding tert-OH is 1. The molecule has 1 atom stereocenters. The highest BCUT2D eigenvalue weighted by Crippen LogP contribution is 2.12. The molecule has 0 saturated heterocycles. The fourth-order valence-corrected chi connectivity index (χ4v) is 1.71. The van der Waals surface area contributed by atoms with Crippen LogP contribution >= 0.6 is 0 Å². The summed E-state index contributed by atoms with van der Waals surface area (Å²) in [7, 11) is 0. The van der Waals surface area contributed by atoms with Crippen LogP contribution < -0.4 is 5.32 Å². The van der Waals surface area contributed by atoms with Gasteiger partial charge < -0.3 is 10.4 Å². The van der Waals surface area contributed by atoms with Crippen molar-refractivity contribution in [2.24, 2.45) is 5.92 Å². The van der Waals surface area contributed by atoms with E-state index in [0.29, 0.717) is 12.5 Å². The number of rotatable bonds is 5. The van der Waals surface area contributed by atoms with Crippen LogP contribution in [0.25, 0.3) is 0 Å². The van der Waals surface area contributed by atoms with Crippen molar-refractivity contribution in [2.45, 2.75) is 40.3 Å². The number of hydrogen-bond acceptors (Lipinski definition) is 2. The molecule has 0 saturated carbocycles. The van der Waals surface area contributed by atoms with Crippen molar-refractivity contribution in [3.05, 3.63) is 34.9 Å². The van der Waals surface area contributed by atoms with Crippen molar-refractivity contribution in [3.8, 4) is 0 Å². The summed E-state index contributed by atoms with van der Waals surface area (Å²) in [6, 6.07) is 6.34. The molecule has 1 unspecified atom stereocenters. The molecule has 1 rings (SSSR count). The van der Waals surface area contributed by atoms with Gasteiger partial charge in [0.25, 0.3) is 0 Å². The van der Waals surface area contributed by atoms with Crippen LogP contribution in [0.1, 0.15) is 30.5 Å². The Balaban J connectivity index is 2.49. The van der Waals surface area contributed by atoms with E-state index in [4.69, 9.17) is 0 Å². The minimum Gasteiger partial charge on any atom is -0.392 e. The molecule has 0 aliphatic carbocycles. The summed E-state index contributed by atoms with van der Waals surface area (Å²) in [5.41, 5.74) is 3.97. The standard InChI is InChI=1S/C14H23NO/c1-10(2)14(16)9-15-8-13-11(3)6-5-7-12(13)4/h5-7,10,14-16H,8-9H2,1-4H3. The molecular formula is C14H23NO. The van der Waals surface area contributed by atoms with Crippen LogP contribution in [0, 0.1) is 19.8 Å². The summed E-state index contributed by atoms with van der Waals surface area (Å²) in [6.45, 7) is 9.82. The van der Waals surface area contributed by atoms with E-state index >= 15 is 0 Å². The van der Waals surface area contributed by atoms with Crippen LogP contribution in [0.4, 0.5) is 0 Å². The fraction of sp³-hybridized carbons (Fsp3) is 0.571. The van der Waals surface area contributed by atoms with Crippen LogP contribution in [0.2, 0.25) is 0 Å². The third-order valence-electron chi connectivity index (χ3n) is 3.07. The molecule has 1 aromatic carbocycles. The van der Waals surface area contributed by atoms with Gasteiger partial charge in [-0.2, -0.15) is 0 Å². The molecule has 0 radical (unpaired) electrons. The minimum atomic E-state index is -0.260. The third-order valence-corrected chi connectivity index (χ3v) is 3.07. The average molecular weight is 221 g/mol. The van der Waals surface area contributed by atoms with Gasteiger partial charge in [-0.3, -0.25) is 0 Å². The lowest BCUT2D eigenvalue weighted by Crippen LogP contribution is -2.30. The average Bonchev–Trinajstić information content (AvgIpc) is 2.22. The molecular weight excluding hydrogens is 198 g/mol. The molecule has 1 aromatic rings. The van der Waals surface area contributed by atoms with E-state index in [9.17, 15) is 5.11 Å². The van der Waals surface area contributed by atoms with Gasteiger partial charge in [0.2, 0.25) is 0 Å². The first kappa shape index (κ1) is 13.2. The molecule has 2 heteroatoms. The van der Waals surface area contributed by atoms with Gasteiger partial charge in [0, 0.05) is 13.1 Å². The Bertz CT molecular complexity index is 313. The number of benzene rings is 1. The molecule has 2 nitrogen and oxygen atoms in total. The zero-order valence-electron chi connectivity index (χ0n) is 10.7. The molecule has 2 N–H and O–H groups in total. The number of hydrogen-bond donors (Lipinski definition) is 2. The van der Waals surface area contributed by atoms with Crippen LogP contribution in [0.15, 0.2) is 18.2 Å². The highest BCUT2D eigenvalue weighted by atomic mass is 16.3. The SMILES string of the molecule is Cc1cccc(C)c1CNCC(O)C(C)C. The highest BCUT2D eigenvalue weighted by molar-refractivity contribution is 5.33. The van der Waals surface area contributed by atoms with E-state index in [0.717, 1.165) is 6.54 Å². The summed E-state index contributed by atoms with van der Waals surface area (Å²) in [5.74, 6) is 0.311. The van der Waals surface area contributed by atoms with Gasteiger partial charge in [-0.05, 0) is 36.5 Å². The summed E-state index contributed by atoms with van der Waals surface area (Å²) in [5, 5.41) is 13.0. The van der Waals surface area contributed by atoms with Crippen molar-refractivity contribution in [2.75, 3.05) is 6.54 Å². The predicted molar refractivity (Wildman–Crippen MR) is 68.5 cm³/mol. The molecule has 0 heterocycles. The largest absolute Gasteiger partial charge is 0.392 e. The Morgan fingerprint density at radius 2 is 1.75 bits per heavy atom. The first-order valence-corrected chi connectivity index (χ1v) is 5.96. The molecule has 90 valence electrons. The van der Waals surface area contributed by atoms with Crippen LogP contribution in [0.3, 0.4) is 0 Å². The molecule has 16 heavy (non-hydrogen) atoms. The molecule has 0 fully saturated rings. The van der Waals surface area contributed by atoms with Gasteiger partial charge in [-0.25, -0.2) is 0 Å². The smallest absolute Gasteiger partial charge is 0.0687 e. The second-order valence-electron chi connectivity index (χ2n) is 4.81. The molecule has 0 aliphatic rings. The highest BCUT2D eigenvalue weighted by Gasteiger charge is 2.08. The second kappa shape index (κ2) is 6.02. The first-order valence-electron chi connectivity index (χ1n) is 5.96. The Labute approximate surface area is 98.7 Å². The zero-order chi connectivity index (χ0) is 12.1. The third kappa shape index (κ3) is 3.62. The van der Waals surface area contributed by atoms with Crippen LogP contribution in [-0.2, 0) is 6.54 Å². The van der Waals surface area contributed by atoms with Crippen LogP contribution in [0.5, 0.6) is 0 Å². The van der Waals surface area contributed by atoms with E-state index < -0.39 is 0 Å². The summed E-state index contributed by atoms with van der Waals surface area (Å²) in [4.78, 5) is 0. The van der Waals surface area contributed by atoms with E-state index in [-0.39, 0.29) is 6.10 Å². The maximum absolute atomic E-state index is 9.68. The van der Waals surface area contributed by atoms with Gasteiger partial charge in [0.1, 0.15) is 0 Å². The number of aryl methyl sites for hydroxylation is 2. The Morgan fingerprint density at radius 1 is 1.19 bits per heavy atom. The van der Waals surface area contributed by atoms with Crippen molar-refractivity contribution >= 4 is 0 Å². The van der Waals surface area contributed by atoms with Crippen LogP contribution in [-0.4, -0.2) is 17.8 Å². The molecule has 0 amide bonds. The molecule has 0 bridgehead atoms. The predicted octanol–water partition coefficient (Wildman–Crippen LogP) is 2.41. The molecule has 0 aromatic heterocycles. The maximum Gasteiger partial charge on any atom is 0.0687 e. The van der Waals surface area contributed by atoms with E-state index in [1.54, 1.807) is 0 Å². The summed E-state index contributed by atoms with van der Waals surface area (Å²) in [6.07, 6.45) is -0.260. The van der Waals surface area contributed by atoms with E-state index in [1.165, 1.54) is 16.7 Å². The quantitative estimate of drug-likeness (QED) is 0.800. The zero-order valence-corrected chi connectivity index (χ0v) is 10.7. The van der Waals surface area contributed by atoms with Gasteiger partial charge in [0.15, 0.2) is 0 Å². The lowest BCUT2D eigenvalue weighted by Gasteiger charge is -2.16. The number of nitrogens with one attached hydrogen (secondary N) is 1. The van der Waals surface area contributed by atoms with Gasteiger partial charge in [0.05, 0.1) is 6.10 Å². The van der Waals surface area contributed by atoms with E-state index in [1.807, 2.05) is 13.8 Å². The lowest BCUT2D eigenvalue weighted by atomic mass is 10.0. The normalized spacial score (nSPS) is 13.1. The van der Waals surface area contributed by atoms with Crippen molar-refractivity contribution in [1.29, 1.82) is 0 Å². The fourth-order valence-electron chi connectivity index (χ4n) is 1.71. The minimum absolute atomic E-state index is 0.260. The molecule has 0 aliphatic heterocycles. The summed E-state index contributed by atoms with van der Waals surface area (Å²) < 4.78 is 0. The topological polar surface area (TPSA) is 32.3 Å². The Kier molecular flexibility index (Phi) is 4.97. The monoisotopic (exact) mass is 221 g/mol. The Hall–Kier alpha value is -0.860.